The van der Waals surface area contributed by atoms with Gasteiger partial charge in [0.05, 0.1) is 18.9 Å². The highest BCUT2D eigenvalue weighted by molar-refractivity contribution is 5.79. The summed E-state index contributed by atoms with van der Waals surface area (Å²) < 4.78 is 18.3. The van der Waals surface area contributed by atoms with E-state index < -0.39 is 0 Å². The second-order valence-corrected chi connectivity index (χ2v) is 7.91. The first kappa shape index (κ1) is 26.5. The van der Waals surface area contributed by atoms with Crippen molar-refractivity contribution in [3.05, 3.63) is 70.8 Å². The van der Waals surface area contributed by atoms with Crippen molar-refractivity contribution in [2.24, 2.45) is 5.16 Å². The van der Waals surface area contributed by atoms with Gasteiger partial charge in [-0.25, -0.2) is 0 Å². The third-order valence-corrected chi connectivity index (χ3v) is 5.41. The van der Waals surface area contributed by atoms with Crippen LogP contribution in [-0.2, 0) is 16.2 Å². The Balaban J connectivity index is 0.00000187. The van der Waals surface area contributed by atoms with E-state index in [0.29, 0.717) is 13.2 Å². The Kier molecular flexibility index (Phi) is 11.5. The van der Waals surface area contributed by atoms with Crippen molar-refractivity contribution in [1.29, 1.82) is 0 Å². The molecule has 2 atom stereocenters. The van der Waals surface area contributed by atoms with E-state index in [1.54, 1.807) is 6.21 Å². The lowest BCUT2D eigenvalue weighted by molar-refractivity contribution is 0.0377. The average molecular weight is 454 g/mol. The molecule has 5 nitrogen and oxygen atoms in total. The third kappa shape index (κ3) is 8.58. The van der Waals surface area contributed by atoms with E-state index in [0.717, 1.165) is 53.0 Å². The minimum Gasteiger partial charge on any atom is -0.490 e. The van der Waals surface area contributed by atoms with Crippen LogP contribution in [0.5, 0.6) is 11.5 Å². The van der Waals surface area contributed by atoms with Crippen LogP contribution in [0.15, 0.2) is 53.7 Å². The first-order valence-corrected chi connectivity index (χ1v) is 11.9. The van der Waals surface area contributed by atoms with Crippen LogP contribution >= 0.6 is 0 Å². The van der Waals surface area contributed by atoms with Crippen LogP contribution in [0.25, 0.3) is 0 Å². The molecule has 33 heavy (non-hydrogen) atoms. The van der Waals surface area contributed by atoms with E-state index in [9.17, 15) is 0 Å². The van der Waals surface area contributed by atoms with Crippen molar-refractivity contribution in [2.75, 3.05) is 13.7 Å². The van der Waals surface area contributed by atoms with Gasteiger partial charge < -0.3 is 19.0 Å². The van der Waals surface area contributed by atoms with Crippen LogP contribution in [0.4, 0.5) is 0 Å². The van der Waals surface area contributed by atoms with Crippen LogP contribution in [0.2, 0.25) is 0 Å². The van der Waals surface area contributed by atoms with Crippen molar-refractivity contribution < 1.29 is 19.0 Å². The number of hydrogen-bond donors (Lipinski definition) is 0. The molecule has 0 saturated heterocycles. The molecule has 0 bridgehead atoms. The summed E-state index contributed by atoms with van der Waals surface area (Å²) in [6, 6.07) is 12.3. The zero-order valence-corrected chi connectivity index (χ0v) is 21.0. The van der Waals surface area contributed by atoms with Gasteiger partial charge in [-0.15, -0.1) is 0 Å². The summed E-state index contributed by atoms with van der Waals surface area (Å²) in [5.41, 5.74) is 4.37. The first-order valence-electron chi connectivity index (χ1n) is 11.9. The van der Waals surface area contributed by atoms with Crippen molar-refractivity contribution in [2.45, 2.75) is 72.7 Å². The van der Waals surface area contributed by atoms with Gasteiger partial charge in [0.1, 0.15) is 31.3 Å². The summed E-state index contributed by atoms with van der Waals surface area (Å²) in [5, 5.41) is 3.78. The Morgan fingerprint density at radius 2 is 1.67 bits per heavy atom. The normalized spacial score (nSPS) is 17.8. The molecule has 2 aromatic rings. The Bertz CT molecular complexity index is 866. The highest BCUT2D eigenvalue weighted by atomic mass is 16.6. The number of oxime groups is 1. The summed E-state index contributed by atoms with van der Waals surface area (Å²) in [5.74, 6) is 1.85. The molecule has 0 aliphatic heterocycles. The molecule has 180 valence electrons. The molecule has 2 aromatic carbocycles. The Hall–Kier alpha value is -2.79. The topological polar surface area (TPSA) is 49.3 Å². The van der Waals surface area contributed by atoms with E-state index in [-0.39, 0.29) is 12.2 Å². The summed E-state index contributed by atoms with van der Waals surface area (Å²) in [6.45, 7) is 11.3. The molecule has 0 aromatic heterocycles. The summed E-state index contributed by atoms with van der Waals surface area (Å²) in [4.78, 5) is 4.71. The molecule has 3 rings (SSSR count). The fourth-order valence-corrected chi connectivity index (χ4v) is 3.77. The van der Waals surface area contributed by atoms with E-state index >= 15 is 0 Å². The molecule has 0 N–H and O–H groups in total. The lowest BCUT2D eigenvalue weighted by atomic mass is 10.1. The molecule has 0 spiro atoms. The fraction of sp³-hybridized carbons (Fsp3) is 0.464. The van der Waals surface area contributed by atoms with Crippen LogP contribution in [0, 0.1) is 13.8 Å². The van der Waals surface area contributed by atoms with Gasteiger partial charge in [-0.1, -0.05) is 55.4 Å². The first-order chi connectivity index (χ1) is 16.1. The Labute approximate surface area is 199 Å². The lowest BCUT2D eigenvalue weighted by Gasteiger charge is -2.19. The van der Waals surface area contributed by atoms with Gasteiger partial charge in [-0.2, -0.15) is 0 Å². The number of hydrogen-bond acceptors (Lipinski definition) is 5. The molecule has 0 amide bonds. The molecule has 0 radical (unpaired) electrons. The average Bonchev–Trinajstić information content (AvgIpc) is 3.28. The predicted molar refractivity (Wildman–Crippen MR) is 135 cm³/mol. The SMILES string of the molecule is C/C=C/COc1cc(C)c(OC2CCC(OCc3ccc(/C=N\OC)cc3)C2)c(C)c1.CC. The molecule has 1 aliphatic carbocycles. The molecule has 2 unspecified atom stereocenters. The van der Waals surface area contributed by atoms with E-state index in [4.69, 9.17) is 19.0 Å². The van der Waals surface area contributed by atoms with Crippen molar-refractivity contribution in [3.63, 3.8) is 0 Å². The monoisotopic (exact) mass is 453 g/mol. The van der Waals surface area contributed by atoms with Crippen LogP contribution in [-0.4, -0.2) is 32.1 Å². The predicted octanol–water partition coefficient (Wildman–Crippen LogP) is 6.78. The number of nitrogens with zero attached hydrogens (tertiary/aromatic N) is 1. The van der Waals surface area contributed by atoms with Crippen LogP contribution in [0.3, 0.4) is 0 Å². The quantitative estimate of drug-likeness (QED) is 0.226. The van der Waals surface area contributed by atoms with Gasteiger partial charge in [0, 0.05) is 6.42 Å². The van der Waals surface area contributed by atoms with E-state index in [1.165, 1.54) is 7.11 Å². The number of benzene rings is 2. The minimum absolute atomic E-state index is 0.185. The van der Waals surface area contributed by atoms with Gasteiger partial charge >= 0.3 is 0 Å². The van der Waals surface area contributed by atoms with Gasteiger partial charge in [-0.3, -0.25) is 0 Å². The van der Waals surface area contributed by atoms with E-state index in [1.807, 2.05) is 45.1 Å². The maximum Gasteiger partial charge on any atom is 0.125 e. The minimum atomic E-state index is 0.185. The van der Waals surface area contributed by atoms with Gasteiger partial charge in [0.2, 0.25) is 0 Å². The number of allylic oxidation sites excluding steroid dienone is 1. The Morgan fingerprint density at radius 3 is 2.30 bits per heavy atom. The maximum absolute atomic E-state index is 6.38. The lowest BCUT2D eigenvalue weighted by Crippen LogP contribution is -2.16. The highest BCUT2D eigenvalue weighted by Gasteiger charge is 2.27. The largest absolute Gasteiger partial charge is 0.490 e. The maximum atomic E-state index is 6.38. The fourth-order valence-electron chi connectivity index (χ4n) is 3.77. The molecule has 1 fully saturated rings. The molecule has 5 heteroatoms. The van der Waals surface area contributed by atoms with Gasteiger partial charge in [-0.05, 0) is 68.0 Å². The second kappa shape index (κ2) is 14.4. The standard InChI is InChI=1S/C26H33NO4.C2H6/c1-5-6-13-29-25-14-19(2)26(20(3)15-25)31-24-12-11-23(16-24)30-18-22-9-7-21(8-10-22)17-27-28-4;1-2/h5-10,14-15,17,23-24H,11-13,16,18H2,1-4H3;1-2H3/b6-5+,27-17-;. The zero-order valence-electron chi connectivity index (χ0n) is 21.0. The van der Waals surface area contributed by atoms with Gasteiger partial charge in [0.15, 0.2) is 0 Å². The summed E-state index contributed by atoms with van der Waals surface area (Å²) in [6.07, 6.45) is 9.03. The number of ether oxygens (including phenoxy) is 3. The van der Waals surface area contributed by atoms with Crippen molar-refractivity contribution in [3.8, 4) is 11.5 Å². The van der Waals surface area contributed by atoms with E-state index in [2.05, 4.69) is 43.3 Å². The van der Waals surface area contributed by atoms with Crippen molar-refractivity contribution in [1.82, 2.24) is 0 Å². The molecule has 1 aliphatic rings. The smallest absolute Gasteiger partial charge is 0.125 e. The third-order valence-electron chi connectivity index (χ3n) is 5.41. The summed E-state index contributed by atoms with van der Waals surface area (Å²) in [7, 11) is 1.54. The van der Waals surface area contributed by atoms with Crippen LogP contribution in [0.1, 0.15) is 62.3 Å². The zero-order chi connectivity index (χ0) is 24.1. The van der Waals surface area contributed by atoms with Crippen LogP contribution < -0.4 is 9.47 Å². The van der Waals surface area contributed by atoms with Gasteiger partial charge in [0.25, 0.3) is 0 Å². The molecule has 1 saturated carbocycles. The number of rotatable bonds is 10. The number of aryl methyl sites for hydroxylation is 2. The molecular formula is C28H39NO4. The second-order valence-electron chi connectivity index (χ2n) is 7.91. The Morgan fingerprint density at radius 1 is 1.00 bits per heavy atom. The highest BCUT2D eigenvalue weighted by Crippen LogP contribution is 2.33. The molecule has 0 heterocycles. The molecular weight excluding hydrogens is 414 g/mol. The van der Waals surface area contributed by atoms with Crippen molar-refractivity contribution >= 4 is 6.21 Å². The summed E-state index contributed by atoms with van der Waals surface area (Å²) >= 11 is 0.